The van der Waals surface area contributed by atoms with Crippen molar-refractivity contribution >= 4 is 40.5 Å². The molecule has 1 aliphatic carbocycles. The number of rotatable bonds is 5. The van der Waals surface area contributed by atoms with Crippen LogP contribution in [0.4, 0.5) is 5.69 Å². The van der Waals surface area contributed by atoms with Crippen molar-refractivity contribution in [3.05, 3.63) is 33.0 Å². The Labute approximate surface area is 163 Å². The van der Waals surface area contributed by atoms with E-state index in [4.69, 9.17) is 39.5 Å². The van der Waals surface area contributed by atoms with Gasteiger partial charge in [-0.15, -0.1) is 0 Å². The van der Waals surface area contributed by atoms with Crippen LogP contribution in [0.3, 0.4) is 0 Å². The zero-order valence-electron chi connectivity index (χ0n) is 13.9. The Hall–Kier alpha value is -0.990. The van der Waals surface area contributed by atoms with Gasteiger partial charge in [0, 0.05) is 19.7 Å². The number of hydrogen-bond acceptors (Lipinski definition) is 4. The molecule has 1 aromatic heterocycles. The maximum Gasteiger partial charge on any atom is 0.151 e. The number of hydrogen-bond donors (Lipinski definition) is 0. The molecular weight excluding hydrogens is 381 g/mol. The average Bonchev–Trinajstić information content (AvgIpc) is 3.11. The Morgan fingerprint density at radius 2 is 2.04 bits per heavy atom. The smallest absolute Gasteiger partial charge is 0.151 e. The van der Waals surface area contributed by atoms with Crippen molar-refractivity contribution < 1.29 is 4.74 Å². The van der Waals surface area contributed by atoms with Gasteiger partial charge in [-0.1, -0.05) is 47.0 Å². The molecule has 2 heterocycles. The summed E-state index contributed by atoms with van der Waals surface area (Å²) >= 11 is 18.8. The van der Waals surface area contributed by atoms with E-state index in [9.17, 15) is 5.26 Å². The zero-order valence-corrected chi connectivity index (χ0v) is 16.1. The lowest BCUT2D eigenvalue weighted by molar-refractivity contribution is 0.115. The van der Waals surface area contributed by atoms with Crippen molar-refractivity contribution in [2.75, 3.05) is 24.6 Å². The summed E-state index contributed by atoms with van der Waals surface area (Å²) in [6.45, 7) is 2.24. The van der Waals surface area contributed by atoms with Gasteiger partial charge in [-0.25, -0.2) is 4.98 Å². The van der Waals surface area contributed by atoms with Crippen molar-refractivity contribution in [3.63, 3.8) is 0 Å². The van der Waals surface area contributed by atoms with Crippen molar-refractivity contribution in [3.8, 4) is 6.07 Å². The molecule has 0 bridgehead atoms. The zero-order chi connectivity index (χ0) is 17.8. The van der Waals surface area contributed by atoms with Crippen LogP contribution in [0.15, 0.2) is 12.2 Å². The molecule has 2 aliphatic rings. The van der Waals surface area contributed by atoms with Gasteiger partial charge in [-0.2, -0.15) is 5.26 Å². The third-order valence-electron chi connectivity index (χ3n) is 4.76. The highest BCUT2D eigenvalue weighted by atomic mass is 35.5. The topological polar surface area (TPSA) is 49.2 Å². The van der Waals surface area contributed by atoms with E-state index in [0.29, 0.717) is 18.2 Å². The molecule has 25 heavy (non-hydrogen) atoms. The Morgan fingerprint density at radius 1 is 1.20 bits per heavy atom. The molecule has 0 amide bonds. The summed E-state index contributed by atoms with van der Waals surface area (Å²) < 4.78 is 5.80. The van der Waals surface area contributed by atoms with Gasteiger partial charge >= 0.3 is 0 Å². The summed E-state index contributed by atoms with van der Waals surface area (Å²) in [5.74, 6) is 0.500. The first-order valence-corrected chi connectivity index (χ1v) is 9.69. The van der Waals surface area contributed by atoms with Gasteiger partial charge in [0.05, 0.1) is 11.8 Å². The first-order valence-electron chi connectivity index (χ1n) is 8.56. The number of allylic oxidation sites excluding steroid dienone is 2. The van der Waals surface area contributed by atoms with Crippen LogP contribution in [0, 0.1) is 17.2 Å². The second-order valence-corrected chi connectivity index (χ2v) is 7.63. The van der Waals surface area contributed by atoms with E-state index in [2.05, 4.69) is 28.1 Å². The highest BCUT2D eigenvalue weighted by Gasteiger charge is 2.28. The number of aromatic nitrogens is 1. The molecule has 1 aliphatic heterocycles. The van der Waals surface area contributed by atoms with E-state index in [1.807, 2.05) is 0 Å². The van der Waals surface area contributed by atoms with Gasteiger partial charge < -0.3 is 9.64 Å². The highest BCUT2D eigenvalue weighted by molar-refractivity contribution is 6.44. The molecule has 0 N–H and O–H groups in total. The molecule has 7 heteroatoms. The van der Waals surface area contributed by atoms with Crippen LogP contribution >= 0.6 is 34.8 Å². The SMILES string of the molecule is N#Cc1c(Cl)nc(Cl)c(Cl)c1N(C[C@H]1CC=CCC1)C[C@@H]1CCCO1. The molecule has 1 aromatic rings. The monoisotopic (exact) mass is 399 g/mol. The number of nitriles is 1. The number of ether oxygens (including phenoxy) is 1. The van der Waals surface area contributed by atoms with E-state index in [1.54, 1.807) is 0 Å². The van der Waals surface area contributed by atoms with E-state index < -0.39 is 0 Å². The minimum absolute atomic E-state index is 0.0905. The van der Waals surface area contributed by atoms with Crippen LogP contribution in [0.25, 0.3) is 0 Å². The lowest BCUT2D eigenvalue weighted by Crippen LogP contribution is -2.37. The molecular formula is C18H20Cl3N3O. The predicted molar refractivity (Wildman–Crippen MR) is 102 cm³/mol. The Kier molecular flexibility index (Phi) is 6.46. The second-order valence-electron chi connectivity index (χ2n) is 6.53. The molecule has 3 rings (SSSR count). The van der Waals surface area contributed by atoms with Crippen molar-refractivity contribution in [2.24, 2.45) is 5.92 Å². The molecule has 134 valence electrons. The minimum atomic E-state index is 0.0905. The maximum absolute atomic E-state index is 9.58. The fourth-order valence-electron chi connectivity index (χ4n) is 3.52. The molecule has 1 saturated heterocycles. The quantitative estimate of drug-likeness (QED) is 0.500. The molecule has 0 aromatic carbocycles. The number of nitrogens with zero attached hydrogens (tertiary/aromatic N) is 3. The number of pyridine rings is 1. The van der Waals surface area contributed by atoms with E-state index >= 15 is 0 Å². The van der Waals surface area contributed by atoms with Gasteiger partial charge in [0.15, 0.2) is 10.3 Å². The molecule has 0 saturated carbocycles. The summed E-state index contributed by atoms with van der Waals surface area (Å²) in [5, 5.41) is 10.1. The average molecular weight is 401 g/mol. The van der Waals surface area contributed by atoms with E-state index in [-0.39, 0.29) is 27.0 Å². The molecule has 0 spiro atoms. The Bertz CT molecular complexity index is 696. The van der Waals surface area contributed by atoms with Gasteiger partial charge in [0.1, 0.15) is 16.7 Å². The summed E-state index contributed by atoms with van der Waals surface area (Å²) in [5.41, 5.74) is 0.861. The van der Waals surface area contributed by atoms with Crippen LogP contribution in [-0.4, -0.2) is 30.8 Å². The summed E-state index contributed by atoms with van der Waals surface area (Å²) in [6, 6.07) is 2.14. The maximum atomic E-state index is 9.58. The standard InChI is InChI=1S/C18H20Cl3N3O/c19-15-16(14(9-22)17(20)23-18(15)21)24(11-13-7-4-8-25-13)10-12-5-2-1-3-6-12/h1-2,12-13H,3-8,10-11H2/t12-,13-/m0/s1. The minimum Gasteiger partial charge on any atom is -0.376 e. The molecule has 4 nitrogen and oxygen atoms in total. The van der Waals surface area contributed by atoms with Crippen LogP contribution in [0.5, 0.6) is 0 Å². The lowest BCUT2D eigenvalue weighted by Gasteiger charge is -2.33. The first-order chi connectivity index (χ1) is 12.1. The first kappa shape index (κ1) is 18.8. The third-order valence-corrected chi connectivity index (χ3v) is 5.76. The van der Waals surface area contributed by atoms with Crippen molar-refractivity contribution in [2.45, 2.75) is 38.2 Å². The molecule has 2 atom stereocenters. The van der Waals surface area contributed by atoms with Crippen molar-refractivity contribution in [1.29, 1.82) is 5.26 Å². The third kappa shape index (κ3) is 4.41. The van der Waals surface area contributed by atoms with Crippen LogP contribution in [-0.2, 0) is 4.74 Å². The van der Waals surface area contributed by atoms with Gasteiger partial charge in [-0.3, -0.25) is 0 Å². The summed E-state index contributed by atoms with van der Waals surface area (Å²) in [7, 11) is 0. The van der Waals surface area contributed by atoms with Crippen LogP contribution < -0.4 is 4.90 Å². The number of anilines is 1. The fourth-order valence-corrected chi connectivity index (χ4v) is 4.21. The van der Waals surface area contributed by atoms with Gasteiger partial charge in [-0.05, 0) is 38.0 Å². The Morgan fingerprint density at radius 3 is 2.68 bits per heavy atom. The summed E-state index contributed by atoms with van der Waals surface area (Å²) in [6.07, 6.45) is 9.85. The van der Waals surface area contributed by atoms with Crippen molar-refractivity contribution in [1.82, 2.24) is 4.98 Å². The van der Waals surface area contributed by atoms with E-state index in [0.717, 1.165) is 45.3 Å². The highest BCUT2D eigenvalue weighted by Crippen LogP contribution is 2.39. The van der Waals surface area contributed by atoms with Crippen LogP contribution in [0.2, 0.25) is 15.3 Å². The lowest BCUT2D eigenvalue weighted by atomic mass is 9.93. The molecule has 1 fully saturated rings. The largest absolute Gasteiger partial charge is 0.376 e. The van der Waals surface area contributed by atoms with Crippen LogP contribution in [0.1, 0.15) is 37.7 Å². The van der Waals surface area contributed by atoms with Gasteiger partial charge in [0.2, 0.25) is 0 Å². The number of halogens is 3. The normalized spacial score (nSPS) is 22.8. The molecule has 0 radical (unpaired) electrons. The van der Waals surface area contributed by atoms with E-state index in [1.165, 1.54) is 0 Å². The predicted octanol–water partition coefficient (Wildman–Crippen LogP) is 5.26. The fraction of sp³-hybridized carbons (Fsp3) is 0.556. The second kappa shape index (κ2) is 8.60. The Balaban J connectivity index is 1.95. The van der Waals surface area contributed by atoms with Gasteiger partial charge in [0.25, 0.3) is 0 Å². The summed E-state index contributed by atoms with van der Waals surface area (Å²) in [4.78, 5) is 6.10. The molecule has 0 unspecified atom stereocenters.